The molecule has 18 heavy (non-hydrogen) atoms. The number of hydrogen-bond donors (Lipinski definition) is 1. The molecule has 0 heterocycles. The van der Waals surface area contributed by atoms with E-state index in [2.05, 4.69) is 20.4 Å². The van der Waals surface area contributed by atoms with Gasteiger partial charge in [-0.05, 0) is 0 Å². The molecule has 0 amide bonds. The van der Waals surface area contributed by atoms with Gasteiger partial charge in [-0.2, -0.15) is 13.2 Å². The Morgan fingerprint density at radius 3 is 2.39 bits per heavy atom. The number of phosphoric acid groups is 1. The lowest BCUT2D eigenvalue weighted by atomic mass is 10.3. The van der Waals surface area contributed by atoms with Crippen molar-refractivity contribution in [1.82, 2.24) is 0 Å². The zero-order chi connectivity index (χ0) is 14.4. The van der Waals surface area contributed by atoms with Crippen LogP contribution in [0.3, 0.4) is 0 Å². The Kier molecular flexibility index (Phi) is 6.55. The van der Waals surface area contributed by atoms with E-state index in [0.29, 0.717) is 0 Å². The fourth-order valence-corrected chi connectivity index (χ4v) is 1.12. The van der Waals surface area contributed by atoms with Gasteiger partial charge in [-0.1, -0.05) is 6.58 Å². The zero-order valence-corrected chi connectivity index (χ0v) is 10.3. The molecule has 0 aromatic carbocycles. The van der Waals surface area contributed by atoms with Gasteiger partial charge in [0.05, 0.1) is 13.2 Å². The van der Waals surface area contributed by atoms with Crippen LogP contribution in [0.2, 0.25) is 0 Å². The number of carbonyl (C=O) groups excluding carboxylic acids is 1. The second-order valence-electron chi connectivity index (χ2n) is 2.95. The number of hydrogen-bond acceptors (Lipinski definition) is 5. The van der Waals surface area contributed by atoms with Gasteiger partial charge in [-0.15, -0.1) is 0 Å². The van der Waals surface area contributed by atoms with Crippen LogP contribution in [0.15, 0.2) is 12.2 Å². The van der Waals surface area contributed by atoms with E-state index < -0.39 is 32.1 Å². The summed E-state index contributed by atoms with van der Waals surface area (Å²) in [5, 5.41) is 0. The average Bonchev–Trinajstić information content (AvgIpc) is 2.26. The summed E-state index contributed by atoms with van der Waals surface area (Å²) in [6.45, 7) is 1.82. The molecule has 6 nitrogen and oxygen atoms in total. The smallest absolute Gasteiger partial charge is 0.462 e. The third-order valence-electron chi connectivity index (χ3n) is 1.60. The van der Waals surface area contributed by atoms with Gasteiger partial charge in [0.1, 0.15) is 5.57 Å². The SMILES string of the molecule is C=C(C(=O)OCCCOP(=O)(O)OC)C(F)(F)F. The zero-order valence-electron chi connectivity index (χ0n) is 9.40. The molecule has 0 aromatic rings. The summed E-state index contributed by atoms with van der Waals surface area (Å²) in [5.74, 6) is -1.60. The molecule has 0 fully saturated rings. The number of esters is 1. The number of ether oxygens (including phenoxy) is 1. The van der Waals surface area contributed by atoms with Crippen molar-refractivity contribution in [3.05, 3.63) is 12.2 Å². The van der Waals surface area contributed by atoms with Gasteiger partial charge in [0.2, 0.25) is 0 Å². The lowest BCUT2D eigenvalue weighted by molar-refractivity contribution is -0.150. The van der Waals surface area contributed by atoms with Crippen LogP contribution < -0.4 is 0 Å². The molecule has 0 saturated heterocycles. The van der Waals surface area contributed by atoms with E-state index in [1.165, 1.54) is 0 Å². The third-order valence-corrected chi connectivity index (χ3v) is 2.57. The van der Waals surface area contributed by atoms with Crippen LogP contribution in [-0.2, 0) is 23.1 Å². The van der Waals surface area contributed by atoms with E-state index in [9.17, 15) is 22.5 Å². The summed E-state index contributed by atoms with van der Waals surface area (Å²) in [7, 11) is -3.17. The molecule has 0 bridgehead atoms. The maximum Gasteiger partial charge on any atom is 0.471 e. The number of rotatable bonds is 7. The molecule has 0 aliphatic rings. The van der Waals surface area contributed by atoms with Gasteiger partial charge in [-0.3, -0.25) is 9.05 Å². The van der Waals surface area contributed by atoms with Crippen LogP contribution in [-0.4, -0.2) is 37.4 Å². The molecule has 0 aliphatic heterocycles. The summed E-state index contributed by atoms with van der Waals surface area (Å²) in [6, 6.07) is 0. The second-order valence-corrected chi connectivity index (χ2v) is 4.51. The van der Waals surface area contributed by atoms with Crippen molar-refractivity contribution in [2.24, 2.45) is 0 Å². The minimum absolute atomic E-state index is 0.0647. The van der Waals surface area contributed by atoms with Crippen LogP contribution in [0.25, 0.3) is 0 Å². The second kappa shape index (κ2) is 6.89. The number of phosphoric ester groups is 1. The molecule has 0 saturated carbocycles. The molecule has 1 unspecified atom stereocenters. The number of halogens is 3. The van der Waals surface area contributed by atoms with Gasteiger partial charge in [0.25, 0.3) is 0 Å². The molecule has 0 rings (SSSR count). The monoisotopic (exact) mass is 292 g/mol. The van der Waals surface area contributed by atoms with Gasteiger partial charge in [0.15, 0.2) is 0 Å². The Morgan fingerprint density at radius 2 is 1.94 bits per heavy atom. The number of carbonyl (C=O) groups is 1. The highest BCUT2D eigenvalue weighted by Gasteiger charge is 2.37. The van der Waals surface area contributed by atoms with Crippen LogP contribution in [0, 0.1) is 0 Å². The van der Waals surface area contributed by atoms with Crippen LogP contribution in [0.5, 0.6) is 0 Å². The standard InChI is InChI=1S/C8H12F3O6P/c1-6(8(9,10)11)7(12)16-4-3-5-17-18(13,14)15-2/h1,3-5H2,2H3,(H,13,14). The normalized spacial score (nSPS) is 14.9. The van der Waals surface area contributed by atoms with Crippen LogP contribution in [0.4, 0.5) is 13.2 Å². The molecule has 106 valence electrons. The predicted octanol–water partition coefficient (Wildman–Crippen LogP) is 1.80. The topological polar surface area (TPSA) is 82.1 Å². The largest absolute Gasteiger partial charge is 0.471 e. The summed E-state index contributed by atoms with van der Waals surface area (Å²) in [6.07, 6.45) is -4.91. The van der Waals surface area contributed by atoms with Crippen molar-refractivity contribution in [1.29, 1.82) is 0 Å². The van der Waals surface area contributed by atoms with Crippen molar-refractivity contribution >= 4 is 13.8 Å². The quantitative estimate of drug-likeness (QED) is 0.333. The molecule has 1 N–H and O–H groups in total. The minimum atomic E-state index is -4.84. The Hall–Kier alpha value is -0.890. The summed E-state index contributed by atoms with van der Waals surface area (Å²) < 4.78 is 59.3. The van der Waals surface area contributed by atoms with Gasteiger partial charge in [-0.25, -0.2) is 9.36 Å². The van der Waals surface area contributed by atoms with E-state index in [4.69, 9.17) is 4.89 Å². The highest BCUT2D eigenvalue weighted by atomic mass is 31.2. The molecule has 0 aliphatic carbocycles. The first-order chi connectivity index (χ1) is 8.10. The Labute approximate surface area is 101 Å². The highest BCUT2D eigenvalue weighted by molar-refractivity contribution is 7.47. The van der Waals surface area contributed by atoms with Crippen LogP contribution >= 0.6 is 7.82 Å². The molecule has 0 spiro atoms. The molecular weight excluding hydrogens is 280 g/mol. The van der Waals surface area contributed by atoms with Gasteiger partial charge in [0, 0.05) is 13.5 Å². The maximum absolute atomic E-state index is 12.0. The van der Waals surface area contributed by atoms with E-state index in [-0.39, 0.29) is 13.0 Å². The fourth-order valence-electron chi connectivity index (χ4n) is 0.659. The lowest BCUT2D eigenvalue weighted by Gasteiger charge is -2.11. The summed E-state index contributed by atoms with van der Waals surface area (Å²) in [4.78, 5) is 19.6. The number of alkyl halides is 3. The van der Waals surface area contributed by atoms with Crippen molar-refractivity contribution in [2.45, 2.75) is 12.6 Å². The third kappa shape index (κ3) is 6.75. The molecular formula is C8H12F3O6P. The molecule has 1 atom stereocenters. The molecule has 0 aromatic heterocycles. The molecule has 10 heteroatoms. The Morgan fingerprint density at radius 1 is 1.39 bits per heavy atom. The van der Waals surface area contributed by atoms with Crippen molar-refractivity contribution in [3.63, 3.8) is 0 Å². The van der Waals surface area contributed by atoms with Crippen molar-refractivity contribution in [2.75, 3.05) is 20.3 Å². The first-order valence-corrected chi connectivity index (χ1v) is 6.06. The van der Waals surface area contributed by atoms with E-state index >= 15 is 0 Å². The van der Waals surface area contributed by atoms with Crippen molar-refractivity contribution < 1.29 is 41.2 Å². The van der Waals surface area contributed by atoms with E-state index in [1.54, 1.807) is 0 Å². The van der Waals surface area contributed by atoms with Crippen LogP contribution in [0.1, 0.15) is 6.42 Å². The van der Waals surface area contributed by atoms with Gasteiger partial charge < -0.3 is 9.63 Å². The first kappa shape index (κ1) is 17.1. The fraction of sp³-hybridized carbons (Fsp3) is 0.625. The van der Waals surface area contributed by atoms with E-state index in [0.717, 1.165) is 7.11 Å². The van der Waals surface area contributed by atoms with Crippen molar-refractivity contribution in [3.8, 4) is 0 Å². The van der Waals surface area contributed by atoms with Gasteiger partial charge >= 0.3 is 20.0 Å². The molecule has 0 radical (unpaired) electrons. The average molecular weight is 292 g/mol. The minimum Gasteiger partial charge on any atom is -0.462 e. The predicted molar refractivity (Wildman–Crippen MR) is 53.6 cm³/mol. The Balaban J connectivity index is 3.84. The summed E-state index contributed by atoms with van der Waals surface area (Å²) in [5.41, 5.74) is -1.62. The summed E-state index contributed by atoms with van der Waals surface area (Å²) >= 11 is 0. The first-order valence-electron chi connectivity index (χ1n) is 4.56. The lowest BCUT2D eigenvalue weighted by Crippen LogP contribution is -2.21. The maximum atomic E-state index is 12.0. The Bertz CT molecular complexity index is 353. The van der Waals surface area contributed by atoms with E-state index in [1.807, 2.05) is 0 Å². The highest BCUT2D eigenvalue weighted by Crippen LogP contribution is 2.41.